The van der Waals surface area contributed by atoms with Gasteiger partial charge < -0.3 is 11.1 Å². The molecule has 0 fully saturated rings. The second-order valence-electron chi connectivity index (χ2n) is 6.20. The number of amides is 1. The van der Waals surface area contributed by atoms with Crippen molar-refractivity contribution in [3.8, 4) is 0 Å². The largest absolute Gasteiger partial charge is 0.327 e. The molecular formula is C18H23Cl2N3O3S. The van der Waals surface area contributed by atoms with Crippen LogP contribution in [0.3, 0.4) is 0 Å². The fourth-order valence-electron chi connectivity index (χ4n) is 2.21. The summed E-state index contributed by atoms with van der Waals surface area (Å²) in [6.07, 6.45) is 0. The van der Waals surface area contributed by atoms with Crippen LogP contribution >= 0.6 is 24.0 Å². The van der Waals surface area contributed by atoms with Gasteiger partial charge in [-0.3, -0.25) is 9.52 Å². The summed E-state index contributed by atoms with van der Waals surface area (Å²) in [6.45, 7) is 5.13. The summed E-state index contributed by atoms with van der Waals surface area (Å²) < 4.78 is 28.0. The number of para-hydroxylation sites is 1. The van der Waals surface area contributed by atoms with Crippen LogP contribution in [0, 0.1) is 12.8 Å². The van der Waals surface area contributed by atoms with E-state index >= 15 is 0 Å². The third-order valence-electron chi connectivity index (χ3n) is 4.07. The maximum atomic E-state index is 12.8. The molecule has 2 atom stereocenters. The Morgan fingerprint density at radius 3 is 2.37 bits per heavy atom. The second-order valence-corrected chi connectivity index (χ2v) is 8.26. The molecule has 2 unspecified atom stereocenters. The normalized spacial score (nSPS) is 13.2. The van der Waals surface area contributed by atoms with Gasteiger partial charge in [0.15, 0.2) is 0 Å². The van der Waals surface area contributed by atoms with Crippen LogP contribution in [0.25, 0.3) is 0 Å². The molecule has 0 heterocycles. The SMILES string of the molecule is Cc1ccc(NC(=O)C(C)C(C)N)cc1S(=O)(=O)Nc1ccccc1Cl.Cl. The molecule has 148 valence electrons. The molecule has 0 aliphatic carbocycles. The molecule has 0 spiro atoms. The van der Waals surface area contributed by atoms with E-state index in [0.717, 1.165) is 0 Å². The molecule has 0 aliphatic heterocycles. The van der Waals surface area contributed by atoms with Crippen LogP contribution in [0.2, 0.25) is 5.02 Å². The Balaban J connectivity index is 0.00000364. The number of carbonyl (C=O) groups is 1. The average Bonchev–Trinajstić information content (AvgIpc) is 2.57. The first-order valence-corrected chi connectivity index (χ1v) is 9.92. The van der Waals surface area contributed by atoms with E-state index in [4.69, 9.17) is 17.3 Å². The second kappa shape index (κ2) is 9.41. The number of nitrogens with two attached hydrogens (primary N) is 1. The summed E-state index contributed by atoms with van der Waals surface area (Å²) in [7, 11) is -3.87. The Morgan fingerprint density at radius 1 is 1.15 bits per heavy atom. The molecule has 0 saturated heterocycles. The lowest BCUT2D eigenvalue weighted by Crippen LogP contribution is -2.34. The molecular weight excluding hydrogens is 409 g/mol. The van der Waals surface area contributed by atoms with Crippen LogP contribution in [-0.2, 0) is 14.8 Å². The lowest BCUT2D eigenvalue weighted by atomic mass is 10.0. The summed E-state index contributed by atoms with van der Waals surface area (Å²) in [5.74, 6) is -0.677. The minimum atomic E-state index is -3.87. The van der Waals surface area contributed by atoms with Gasteiger partial charge >= 0.3 is 0 Å². The van der Waals surface area contributed by atoms with Gasteiger partial charge in [0.05, 0.1) is 21.5 Å². The van der Waals surface area contributed by atoms with Crippen LogP contribution in [-0.4, -0.2) is 20.4 Å². The van der Waals surface area contributed by atoms with E-state index in [0.29, 0.717) is 16.3 Å². The Morgan fingerprint density at radius 2 is 1.78 bits per heavy atom. The number of benzene rings is 2. The zero-order valence-electron chi connectivity index (χ0n) is 15.2. The summed E-state index contributed by atoms with van der Waals surface area (Å²) in [5.41, 5.74) is 6.95. The van der Waals surface area contributed by atoms with Crippen molar-refractivity contribution in [1.82, 2.24) is 0 Å². The molecule has 27 heavy (non-hydrogen) atoms. The van der Waals surface area contributed by atoms with Crippen LogP contribution < -0.4 is 15.8 Å². The van der Waals surface area contributed by atoms with E-state index in [-0.39, 0.29) is 34.9 Å². The number of carbonyl (C=O) groups excluding carboxylic acids is 1. The number of aryl methyl sites for hydroxylation is 1. The van der Waals surface area contributed by atoms with Crippen LogP contribution in [0.1, 0.15) is 19.4 Å². The molecule has 0 aliphatic rings. The van der Waals surface area contributed by atoms with Crippen molar-refractivity contribution in [2.75, 3.05) is 10.0 Å². The van der Waals surface area contributed by atoms with Crippen molar-refractivity contribution in [2.24, 2.45) is 11.7 Å². The molecule has 0 radical (unpaired) electrons. The summed E-state index contributed by atoms with van der Waals surface area (Å²) >= 11 is 6.03. The molecule has 1 amide bonds. The first kappa shape index (κ1) is 23.2. The first-order chi connectivity index (χ1) is 12.1. The highest BCUT2D eigenvalue weighted by Gasteiger charge is 2.21. The van der Waals surface area contributed by atoms with Crippen molar-refractivity contribution in [2.45, 2.75) is 31.7 Å². The van der Waals surface area contributed by atoms with Gasteiger partial charge in [0.2, 0.25) is 5.91 Å². The highest BCUT2D eigenvalue weighted by molar-refractivity contribution is 7.92. The van der Waals surface area contributed by atoms with Gasteiger partial charge in [-0.1, -0.05) is 36.7 Å². The maximum Gasteiger partial charge on any atom is 0.262 e. The van der Waals surface area contributed by atoms with Crippen molar-refractivity contribution in [1.29, 1.82) is 0 Å². The van der Waals surface area contributed by atoms with Gasteiger partial charge in [-0.15, -0.1) is 12.4 Å². The van der Waals surface area contributed by atoms with Gasteiger partial charge in [-0.2, -0.15) is 0 Å². The fraction of sp³-hybridized carbons (Fsp3) is 0.278. The standard InChI is InChI=1S/C18H22ClN3O3S.ClH/c1-11-8-9-14(21-18(23)12(2)13(3)20)10-17(11)26(24,25)22-16-7-5-4-6-15(16)19;/h4-10,12-13,22H,20H2,1-3H3,(H,21,23);1H. The lowest BCUT2D eigenvalue weighted by Gasteiger charge is -2.17. The van der Waals surface area contributed by atoms with E-state index in [9.17, 15) is 13.2 Å². The van der Waals surface area contributed by atoms with Gasteiger partial charge in [-0.05, 0) is 43.7 Å². The Kier molecular flexibility index (Phi) is 8.10. The number of hydrogen-bond donors (Lipinski definition) is 3. The molecule has 2 rings (SSSR count). The topological polar surface area (TPSA) is 101 Å². The highest BCUT2D eigenvalue weighted by Crippen LogP contribution is 2.27. The van der Waals surface area contributed by atoms with Crippen molar-refractivity contribution in [3.05, 3.63) is 53.1 Å². The molecule has 2 aromatic rings. The zero-order chi connectivity index (χ0) is 19.5. The highest BCUT2D eigenvalue weighted by atomic mass is 35.5. The van der Waals surface area contributed by atoms with Gasteiger partial charge in [0.25, 0.3) is 10.0 Å². The number of halogens is 2. The molecule has 0 bridgehead atoms. The third kappa shape index (κ3) is 5.84. The number of nitrogens with one attached hydrogen (secondary N) is 2. The van der Waals surface area contributed by atoms with Gasteiger partial charge in [-0.25, -0.2) is 8.42 Å². The molecule has 4 N–H and O–H groups in total. The molecule has 9 heteroatoms. The minimum absolute atomic E-state index is 0. The quantitative estimate of drug-likeness (QED) is 0.647. The lowest BCUT2D eigenvalue weighted by molar-refractivity contribution is -0.119. The Labute approximate surface area is 170 Å². The van der Waals surface area contributed by atoms with Gasteiger partial charge in [0, 0.05) is 11.7 Å². The van der Waals surface area contributed by atoms with Crippen molar-refractivity contribution < 1.29 is 13.2 Å². The van der Waals surface area contributed by atoms with Crippen LogP contribution in [0.5, 0.6) is 0 Å². The molecule has 0 saturated carbocycles. The smallest absolute Gasteiger partial charge is 0.262 e. The van der Waals surface area contributed by atoms with E-state index in [1.165, 1.54) is 6.07 Å². The number of hydrogen-bond acceptors (Lipinski definition) is 4. The van der Waals surface area contributed by atoms with Crippen molar-refractivity contribution >= 4 is 51.3 Å². The predicted molar refractivity (Wildman–Crippen MR) is 112 cm³/mol. The van der Waals surface area contributed by atoms with E-state index in [2.05, 4.69) is 10.0 Å². The summed E-state index contributed by atoms with van der Waals surface area (Å²) in [5, 5.41) is 3.00. The van der Waals surface area contributed by atoms with E-state index in [1.807, 2.05) is 0 Å². The fourth-order valence-corrected chi connectivity index (χ4v) is 3.80. The number of rotatable bonds is 6. The predicted octanol–water partition coefficient (Wildman–Crippen LogP) is 3.79. The van der Waals surface area contributed by atoms with E-state index < -0.39 is 15.9 Å². The minimum Gasteiger partial charge on any atom is -0.327 e. The van der Waals surface area contributed by atoms with Crippen LogP contribution in [0.4, 0.5) is 11.4 Å². The molecule has 6 nitrogen and oxygen atoms in total. The Bertz CT molecular complexity index is 918. The monoisotopic (exact) mass is 431 g/mol. The third-order valence-corrected chi connectivity index (χ3v) is 5.90. The van der Waals surface area contributed by atoms with Crippen LogP contribution in [0.15, 0.2) is 47.4 Å². The maximum absolute atomic E-state index is 12.8. The van der Waals surface area contributed by atoms with Crippen molar-refractivity contribution in [3.63, 3.8) is 0 Å². The van der Waals surface area contributed by atoms with Gasteiger partial charge in [0.1, 0.15) is 0 Å². The van der Waals surface area contributed by atoms with E-state index in [1.54, 1.807) is 57.2 Å². The average molecular weight is 432 g/mol. The Hall–Kier alpha value is -1.80. The zero-order valence-corrected chi connectivity index (χ0v) is 17.6. The molecule has 2 aromatic carbocycles. The molecule has 0 aromatic heterocycles. The summed E-state index contributed by atoms with van der Waals surface area (Å²) in [4.78, 5) is 12.2. The number of sulfonamides is 1. The first-order valence-electron chi connectivity index (χ1n) is 8.06. The summed E-state index contributed by atoms with van der Waals surface area (Å²) in [6, 6.07) is 10.9. The number of anilines is 2.